The SMILES string of the molecule is CCc1nc2n(n1)CC(Nc1cnn(Cc3ccccc3)c(=O)c1Cl)CC2. The summed E-state index contributed by atoms with van der Waals surface area (Å²) in [5.74, 6) is 1.89. The van der Waals surface area contributed by atoms with E-state index in [0.29, 0.717) is 18.8 Å². The van der Waals surface area contributed by atoms with Gasteiger partial charge in [-0.1, -0.05) is 48.9 Å². The second-order valence-electron chi connectivity index (χ2n) is 6.68. The van der Waals surface area contributed by atoms with Crippen LogP contribution < -0.4 is 10.9 Å². The molecule has 3 heterocycles. The van der Waals surface area contributed by atoms with Crippen LogP contribution in [0.1, 0.15) is 30.6 Å². The summed E-state index contributed by atoms with van der Waals surface area (Å²) in [5, 5.41) is 12.3. The monoisotopic (exact) mass is 384 g/mol. The van der Waals surface area contributed by atoms with Crippen molar-refractivity contribution in [2.75, 3.05) is 5.32 Å². The van der Waals surface area contributed by atoms with Crippen LogP contribution in [0.3, 0.4) is 0 Å². The summed E-state index contributed by atoms with van der Waals surface area (Å²) in [5.41, 5.74) is 1.27. The molecule has 1 atom stereocenters. The van der Waals surface area contributed by atoms with Gasteiger partial charge in [-0.15, -0.1) is 0 Å². The molecule has 1 unspecified atom stereocenters. The molecule has 8 heteroatoms. The average Bonchev–Trinajstić information content (AvgIpc) is 3.11. The van der Waals surface area contributed by atoms with Crippen LogP contribution in [0.4, 0.5) is 5.69 Å². The van der Waals surface area contributed by atoms with Gasteiger partial charge >= 0.3 is 0 Å². The molecule has 1 aliphatic rings. The van der Waals surface area contributed by atoms with E-state index in [-0.39, 0.29) is 16.6 Å². The van der Waals surface area contributed by atoms with E-state index in [1.54, 1.807) is 6.20 Å². The van der Waals surface area contributed by atoms with Crippen molar-refractivity contribution in [2.45, 2.75) is 45.3 Å². The van der Waals surface area contributed by atoms with Crippen LogP contribution in [0.25, 0.3) is 0 Å². The van der Waals surface area contributed by atoms with E-state index >= 15 is 0 Å². The predicted octanol–water partition coefficient (Wildman–Crippen LogP) is 2.53. The third-order valence-electron chi connectivity index (χ3n) is 4.74. The van der Waals surface area contributed by atoms with E-state index in [0.717, 1.165) is 36.5 Å². The summed E-state index contributed by atoms with van der Waals surface area (Å²) in [4.78, 5) is 17.1. The zero-order valence-electron chi connectivity index (χ0n) is 15.1. The first-order valence-corrected chi connectivity index (χ1v) is 9.50. The predicted molar refractivity (Wildman–Crippen MR) is 104 cm³/mol. The fraction of sp³-hybridized carbons (Fsp3) is 0.368. The summed E-state index contributed by atoms with van der Waals surface area (Å²) < 4.78 is 3.32. The Morgan fingerprint density at radius 3 is 2.89 bits per heavy atom. The lowest BCUT2D eigenvalue weighted by atomic mass is 10.1. The Kier molecular flexibility index (Phi) is 4.94. The van der Waals surface area contributed by atoms with Gasteiger partial charge in [0.25, 0.3) is 5.56 Å². The topological polar surface area (TPSA) is 77.6 Å². The van der Waals surface area contributed by atoms with E-state index in [4.69, 9.17) is 11.6 Å². The molecule has 0 saturated heterocycles. The number of hydrogen-bond acceptors (Lipinski definition) is 5. The number of nitrogens with zero attached hydrogens (tertiary/aromatic N) is 5. The standard InChI is InChI=1S/C19H21ClN6O/c1-2-16-23-17-9-8-14(12-25(17)24-16)22-15-10-21-26(19(27)18(15)20)11-13-6-4-3-5-7-13/h3-7,10,14,22H,2,8-9,11-12H2,1H3. The molecule has 1 aromatic carbocycles. The molecule has 0 amide bonds. The fourth-order valence-electron chi connectivity index (χ4n) is 3.28. The summed E-state index contributed by atoms with van der Waals surface area (Å²) in [6.45, 7) is 3.14. The van der Waals surface area contributed by atoms with Crippen LogP contribution >= 0.6 is 11.6 Å². The minimum absolute atomic E-state index is 0.132. The third kappa shape index (κ3) is 3.73. The Labute approximate surface area is 162 Å². The smallest absolute Gasteiger partial charge is 0.287 e. The average molecular weight is 385 g/mol. The number of nitrogens with one attached hydrogen (secondary N) is 1. The minimum Gasteiger partial charge on any atom is -0.378 e. The molecule has 7 nitrogen and oxygen atoms in total. The van der Waals surface area contributed by atoms with Crippen molar-refractivity contribution in [1.82, 2.24) is 24.5 Å². The highest BCUT2D eigenvalue weighted by Crippen LogP contribution is 2.21. The van der Waals surface area contributed by atoms with Gasteiger partial charge in [-0.2, -0.15) is 10.2 Å². The molecule has 0 saturated carbocycles. The maximum absolute atomic E-state index is 12.6. The molecular weight excluding hydrogens is 364 g/mol. The molecule has 27 heavy (non-hydrogen) atoms. The molecule has 4 rings (SSSR count). The van der Waals surface area contributed by atoms with Gasteiger partial charge in [0.05, 0.1) is 25.0 Å². The number of hydrogen-bond donors (Lipinski definition) is 1. The van der Waals surface area contributed by atoms with Gasteiger partial charge < -0.3 is 5.32 Å². The first-order chi connectivity index (χ1) is 13.1. The molecule has 3 aromatic rings. The number of benzene rings is 1. The highest BCUT2D eigenvalue weighted by molar-refractivity contribution is 6.32. The van der Waals surface area contributed by atoms with Gasteiger partial charge in [0.15, 0.2) is 5.82 Å². The maximum Gasteiger partial charge on any atom is 0.287 e. The number of rotatable bonds is 5. The first-order valence-electron chi connectivity index (χ1n) is 9.12. The number of anilines is 1. The number of fused-ring (bicyclic) bond motifs is 1. The molecule has 0 fully saturated rings. The van der Waals surface area contributed by atoms with Gasteiger partial charge in [0, 0.05) is 18.9 Å². The molecule has 2 aromatic heterocycles. The van der Waals surface area contributed by atoms with Gasteiger partial charge in [-0.25, -0.2) is 14.3 Å². The highest BCUT2D eigenvalue weighted by Gasteiger charge is 2.22. The van der Waals surface area contributed by atoms with E-state index in [1.807, 2.05) is 41.9 Å². The van der Waals surface area contributed by atoms with Gasteiger partial charge in [0.1, 0.15) is 10.8 Å². The van der Waals surface area contributed by atoms with Gasteiger partial charge in [0.2, 0.25) is 0 Å². The van der Waals surface area contributed by atoms with Crippen LogP contribution in [0.2, 0.25) is 5.02 Å². The summed E-state index contributed by atoms with van der Waals surface area (Å²) in [6.07, 6.45) is 4.21. The van der Waals surface area contributed by atoms with Crippen LogP contribution in [0, 0.1) is 0 Å². The van der Waals surface area contributed by atoms with E-state index in [1.165, 1.54) is 4.68 Å². The third-order valence-corrected chi connectivity index (χ3v) is 5.10. The van der Waals surface area contributed by atoms with E-state index in [2.05, 4.69) is 20.5 Å². The van der Waals surface area contributed by atoms with Crippen molar-refractivity contribution in [2.24, 2.45) is 0 Å². The lowest BCUT2D eigenvalue weighted by Crippen LogP contribution is -2.33. The Bertz CT molecular complexity index is 997. The summed E-state index contributed by atoms with van der Waals surface area (Å²) in [7, 11) is 0. The Morgan fingerprint density at radius 1 is 1.30 bits per heavy atom. The van der Waals surface area contributed by atoms with Crippen molar-refractivity contribution in [3.05, 3.63) is 69.1 Å². The van der Waals surface area contributed by atoms with E-state index in [9.17, 15) is 4.79 Å². The maximum atomic E-state index is 12.6. The van der Waals surface area contributed by atoms with Crippen molar-refractivity contribution >= 4 is 17.3 Å². The zero-order chi connectivity index (χ0) is 18.8. The molecule has 0 aliphatic carbocycles. The molecular formula is C19H21ClN6O. The Balaban J connectivity index is 1.50. The molecule has 140 valence electrons. The second kappa shape index (κ2) is 7.52. The van der Waals surface area contributed by atoms with Crippen molar-refractivity contribution < 1.29 is 0 Å². The normalized spacial score (nSPS) is 16.1. The fourth-order valence-corrected chi connectivity index (χ4v) is 3.48. The molecule has 0 bridgehead atoms. The van der Waals surface area contributed by atoms with Crippen molar-refractivity contribution in [1.29, 1.82) is 0 Å². The molecule has 0 radical (unpaired) electrons. The van der Waals surface area contributed by atoms with Crippen LogP contribution in [-0.2, 0) is 25.9 Å². The van der Waals surface area contributed by atoms with Crippen molar-refractivity contribution in [3.8, 4) is 0 Å². The molecule has 1 aliphatic heterocycles. The van der Waals surface area contributed by atoms with E-state index < -0.39 is 0 Å². The van der Waals surface area contributed by atoms with Gasteiger partial charge in [-0.05, 0) is 12.0 Å². The Morgan fingerprint density at radius 2 is 2.11 bits per heavy atom. The van der Waals surface area contributed by atoms with Crippen LogP contribution in [0.15, 0.2) is 41.3 Å². The van der Waals surface area contributed by atoms with Crippen molar-refractivity contribution in [3.63, 3.8) is 0 Å². The number of aryl methyl sites for hydroxylation is 2. The highest BCUT2D eigenvalue weighted by atomic mass is 35.5. The first kappa shape index (κ1) is 17.7. The minimum atomic E-state index is -0.295. The lowest BCUT2D eigenvalue weighted by Gasteiger charge is -2.24. The Hall–Kier alpha value is -2.67. The quantitative estimate of drug-likeness (QED) is 0.731. The van der Waals surface area contributed by atoms with Crippen LogP contribution in [-0.4, -0.2) is 30.6 Å². The summed E-state index contributed by atoms with van der Waals surface area (Å²) >= 11 is 6.34. The second-order valence-corrected chi connectivity index (χ2v) is 7.06. The molecule has 0 spiro atoms. The van der Waals surface area contributed by atoms with Crippen LogP contribution in [0.5, 0.6) is 0 Å². The lowest BCUT2D eigenvalue weighted by molar-refractivity contribution is 0.440. The van der Waals surface area contributed by atoms with Gasteiger partial charge in [-0.3, -0.25) is 4.79 Å². The number of halogens is 1. The number of aromatic nitrogens is 5. The largest absolute Gasteiger partial charge is 0.378 e. The summed E-state index contributed by atoms with van der Waals surface area (Å²) in [6, 6.07) is 9.85. The molecule has 1 N–H and O–H groups in total. The zero-order valence-corrected chi connectivity index (χ0v) is 15.9.